The van der Waals surface area contributed by atoms with E-state index in [0.717, 1.165) is 24.3 Å². The number of piperidine rings is 1. The summed E-state index contributed by atoms with van der Waals surface area (Å²) in [7, 11) is 0. The van der Waals surface area contributed by atoms with Crippen LogP contribution in [-0.4, -0.2) is 13.1 Å². The molecule has 2 aliphatic rings. The van der Waals surface area contributed by atoms with E-state index in [1.807, 2.05) is 0 Å². The SMILES string of the molecule is CC1CNCC(c2ccc(C3CCC3)cc2)C1. The lowest BCUT2D eigenvalue weighted by atomic mass is 9.79. The molecule has 1 heterocycles. The van der Waals surface area contributed by atoms with Gasteiger partial charge in [-0.3, -0.25) is 0 Å². The van der Waals surface area contributed by atoms with Gasteiger partial charge in [-0.2, -0.15) is 0 Å². The van der Waals surface area contributed by atoms with E-state index in [9.17, 15) is 0 Å². The van der Waals surface area contributed by atoms with Crippen molar-refractivity contribution in [2.75, 3.05) is 13.1 Å². The fourth-order valence-electron chi connectivity index (χ4n) is 3.19. The Labute approximate surface area is 105 Å². The maximum atomic E-state index is 3.54. The summed E-state index contributed by atoms with van der Waals surface area (Å²) in [5, 5.41) is 3.54. The molecule has 3 rings (SSSR count). The second-order valence-electron chi connectivity index (χ2n) is 5.99. The van der Waals surface area contributed by atoms with Crippen LogP contribution in [0.25, 0.3) is 0 Å². The third-order valence-electron chi connectivity index (χ3n) is 4.55. The van der Waals surface area contributed by atoms with E-state index in [-0.39, 0.29) is 0 Å². The van der Waals surface area contributed by atoms with Gasteiger partial charge < -0.3 is 5.32 Å². The van der Waals surface area contributed by atoms with Crippen molar-refractivity contribution in [3.05, 3.63) is 35.4 Å². The van der Waals surface area contributed by atoms with Crippen LogP contribution in [0.1, 0.15) is 55.6 Å². The second kappa shape index (κ2) is 4.81. The molecule has 1 aliphatic heterocycles. The first-order chi connectivity index (χ1) is 8.33. The van der Waals surface area contributed by atoms with Gasteiger partial charge in [-0.15, -0.1) is 0 Å². The Morgan fingerprint density at radius 3 is 2.12 bits per heavy atom. The first-order valence-electron chi connectivity index (χ1n) is 7.13. The zero-order valence-corrected chi connectivity index (χ0v) is 10.8. The summed E-state index contributed by atoms with van der Waals surface area (Å²) in [5.41, 5.74) is 3.10. The summed E-state index contributed by atoms with van der Waals surface area (Å²) >= 11 is 0. The molecule has 2 unspecified atom stereocenters. The summed E-state index contributed by atoms with van der Waals surface area (Å²) in [6.07, 6.45) is 5.58. The van der Waals surface area contributed by atoms with E-state index in [1.54, 1.807) is 5.56 Å². The van der Waals surface area contributed by atoms with Crippen LogP contribution in [0.4, 0.5) is 0 Å². The van der Waals surface area contributed by atoms with Gasteiger partial charge in [-0.1, -0.05) is 37.6 Å². The highest BCUT2D eigenvalue weighted by atomic mass is 14.9. The van der Waals surface area contributed by atoms with Crippen molar-refractivity contribution < 1.29 is 0 Å². The Morgan fingerprint density at radius 2 is 1.59 bits per heavy atom. The Hall–Kier alpha value is -0.820. The monoisotopic (exact) mass is 229 g/mol. The highest BCUT2D eigenvalue weighted by Gasteiger charge is 2.22. The Bertz CT molecular complexity index is 364. The molecule has 0 spiro atoms. The van der Waals surface area contributed by atoms with E-state index < -0.39 is 0 Å². The van der Waals surface area contributed by atoms with E-state index in [2.05, 4.69) is 36.5 Å². The zero-order valence-electron chi connectivity index (χ0n) is 10.8. The summed E-state index contributed by atoms with van der Waals surface area (Å²) in [6.45, 7) is 4.70. The van der Waals surface area contributed by atoms with Crippen LogP contribution >= 0.6 is 0 Å². The zero-order chi connectivity index (χ0) is 11.7. The first kappa shape index (κ1) is 11.3. The van der Waals surface area contributed by atoms with Gasteiger partial charge in [0.1, 0.15) is 0 Å². The molecular formula is C16H23N. The molecule has 0 aromatic heterocycles. The van der Waals surface area contributed by atoms with Crippen LogP contribution in [0.5, 0.6) is 0 Å². The van der Waals surface area contributed by atoms with Crippen molar-refractivity contribution in [1.82, 2.24) is 5.32 Å². The fraction of sp³-hybridized carbons (Fsp3) is 0.625. The normalized spacial score (nSPS) is 29.9. The van der Waals surface area contributed by atoms with Crippen molar-refractivity contribution in [2.24, 2.45) is 5.92 Å². The number of nitrogens with one attached hydrogen (secondary N) is 1. The Balaban J connectivity index is 1.70. The molecule has 0 bridgehead atoms. The van der Waals surface area contributed by atoms with Gasteiger partial charge in [0, 0.05) is 6.54 Å². The van der Waals surface area contributed by atoms with Crippen LogP contribution in [0.3, 0.4) is 0 Å². The molecule has 1 nitrogen and oxygen atoms in total. The van der Waals surface area contributed by atoms with Crippen molar-refractivity contribution >= 4 is 0 Å². The van der Waals surface area contributed by atoms with Crippen LogP contribution in [-0.2, 0) is 0 Å². The molecule has 2 fully saturated rings. The Morgan fingerprint density at radius 1 is 0.941 bits per heavy atom. The van der Waals surface area contributed by atoms with Gasteiger partial charge in [0.25, 0.3) is 0 Å². The first-order valence-corrected chi connectivity index (χ1v) is 7.13. The minimum absolute atomic E-state index is 0.731. The maximum absolute atomic E-state index is 3.54. The predicted molar refractivity (Wildman–Crippen MR) is 72.4 cm³/mol. The molecule has 1 saturated carbocycles. The summed E-state index contributed by atoms with van der Waals surface area (Å²) in [6, 6.07) is 9.49. The van der Waals surface area contributed by atoms with Gasteiger partial charge >= 0.3 is 0 Å². The third-order valence-corrected chi connectivity index (χ3v) is 4.55. The molecule has 0 radical (unpaired) electrons. The van der Waals surface area contributed by atoms with Gasteiger partial charge in [0.05, 0.1) is 0 Å². The average Bonchev–Trinajstić information content (AvgIpc) is 2.28. The van der Waals surface area contributed by atoms with E-state index >= 15 is 0 Å². The van der Waals surface area contributed by atoms with Crippen LogP contribution in [0.2, 0.25) is 0 Å². The van der Waals surface area contributed by atoms with Crippen LogP contribution in [0.15, 0.2) is 24.3 Å². The standard InChI is InChI=1S/C16H23N/c1-12-9-16(11-17-10-12)15-7-5-14(6-8-15)13-3-2-4-13/h5-8,12-13,16-17H,2-4,9-11H2,1H3. The molecule has 1 aromatic carbocycles. The van der Waals surface area contributed by atoms with Gasteiger partial charge in [0.15, 0.2) is 0 Å². The van der Waals surface area contributed by atoms with E-state index in [1.165, 1.54) is 37.8 Å². The van der Waals surface area contributed by atoms with Gasteiger partial charge in [-0.25, -0.2) is 0 Å². The van der Waals surface area contributed by atoms with Gasteiger partial charge in [0.2, 0.25) is 0 Å². The minimum Gasteiger partial charge on any atom is -0.316 e. The van der Waals surface area contributed by atoms with Gasteiger partial charge in [-0.05, 0) is 54.7 Å². The molecule has 1 aliphatic carbocycles. The van der Waals surface area contributed by atoms with E-state index in [0.29, 0.717) is 0 Å². The summed E-state index contributed by atoms with van der Waals surface area (Å²) in [4.78, 5) is 0. The van der Waals surface area contributed by atoms with Crippen molar-refractivity contribution in [1.29, 1.82) is 0 Å². The van der Waals surface area contributed by atoms with Crippen molar-refractivity contribution in [2.45, 2.75) is 44.4 Å². The molecule has 1 heteroatoms. The summed E-state index contributed by atoms with van der Waals surface area (Å²) < 4.78 is 0. The lowest BCUT2D eigenvalue weighted by molar-refractivity contribution is 0.363. The number of hydrogen-bond acceptors (Lipinski definition) is 1. The topological polar surface area (TPSA) is 12.0 Å². The third kappa shape index (κ3) is 2.40. The molecule has 92 valence electrons. The lowest BCUT2D eigenvalue weighted by Gasteiger charge is -2.29. The highest BCUT2D eigenvalue weighted by molar-refractivity contribution is 5.29. The quantitative estimate of drug-likeness (QED) is 0.816. The van der Waals surface area contributed by atoms with Crippen molar-refractivity contribution in [3.63, 3.8) is 0 Å². The van der Waals surface area contributed by atoms with Crippen LogP contribution in [0, 0.1) is 5.92 Å². The smallest absolute Gasteiger partial charge is 0.00203 e. The fourth-order valence-corrected chi connectivity index (χ4v) is 3.19. The Kier molecular flexibility index (Phi) is 3.19. The average molecular weight is 229 g/mol. The van der Waals surface area contributed by atoms with E-state index in [4.69, 9.17) is 0 Å². The molecule has 0 amide bonds. The highest BCUT2D eigenvalue weighted by Crippen LogP contribution is 2.37. The second-order valence-corrected chi connectivity index (χ2v) is 5.99. The minimum atomic E-state index is 0.731. The number of hydrogen-bond donors (Lipinski definition) is 1. The molecule has 1 N–H and O–H groups in total. The van der Waals surface area contributed by atoms with Crippen LogP contribution < -0.4 is 5.32 Å². The van der Waals surface area contributed by atoms with Crippen molar-refractivity contribution in [3.8, 4) is 0 Å². The predicted octanol–water partition coefficient (Wildman–Crippen LogP) is 3.67. The summed E-state index contributed by atoms with van der Waals surface area (Å²) in [5.74, 6) is 2.42. The number of benzene rings is 1. The molecular weight excluding hydrogens is 206 g/mol. The molecule has 1 saturated heterocycles. The maximum Gasteiger partial charge on any atom is 0.00203 e. The molecule has 17 heavy (non-hydrogen) atoms. The lowest BCUT2D eigenvalue weighted by Crippen LogP contribution is -2.33. The molecule has 1 aromatic rings. The largest absolute Gasteiger partial charge is 0.316 e. The number of rotatable bonds is 2. The molecule has 2 atom stereocenters.